The molecule has 1 saturated heterocycles. The molecular weight excluding hydrogens is 266 g/mol. The Kier molecular flexibility index (Phi) is 4.96. The second-order valence-corrected chi connectivity index (χ2v) is 5.87. The van der Waals surface area contributed by atoms with Gasteiger partial charge in [0.2, 0.25) is 11.8 Å². The van der Waals surface area contributed by atoms with E-state index in [9.17, 15) is 9.59 Å². The van der Waals surface area contributed by atoms with Crippen molar-refractivity contribution in [3.8, 4) is 0 Å². The van der Waals surface area contributed by atoms with Gasteiger partial charge in [-0.3, -0.25) is 14.5 Å². The van der Waals surface area contributed by atoms with Gasteiger partial charge in [-0.05, 0) is 37.6 Å². The Morgan fingerprint density at radius 1 is 1.38 bits per heavy atom. The smallest absolute Gasteiger partial charge is 0.238 e. The average Bonchev–Trinajstić information content (AvgIpc) is 2.85. The highest BCUT2D eigenvalue weighted by atomic mass is 16.2. The van der Waals surface area contributed by atoms with Crippen LogP contribution >= 0.6 is 0 Å². The van der Waals surface area contributed by atoms with E-state index in [1.54, 1.807) is 19.0 Å². The molecule has 1 aromatic carbocycles. The predicted molar refractivity (Wildman–Crippen MR) is 83.0 cm³/mol. The molecule has 1 atom stereocenters. The molecule has 5 nitrogen and oxygen atoms in total. The van der Waals surface area contributed by atoms with Crippen LogP contribution in [-0.4, -0.2) is 55.3 Å². The zero-order valence-corrected chi connectivity index (χ0v) is 12.9. The minimum atomic E-state index is -0.0291. The summed E-state index contributed by atoms with van der Waals surface area (Å²) in [4.78, 5) is 27.6. The maximum Gasteiger partial charge on any atom is 0.238 e. The summed E-state index contributed by atoms with van der Waals surface area (Å²) in [6, 6.07) is 7.74. The number of hydrogen-bond acceptors (Lipinski definition) is 3. The minimum absolute atomic E-state index is 0.0202. The molecule has 0 bridgehead atoms. The molecule has 1 aromatic rings. The summed E-state index contributed by atoms with van der Waals surface area (Å²) in [6.45, 7) is 3.79. The van der Waals surface area contributed by atoms with Crippen molar-refractivity contribution >= 4 is 17.5 Å². The molecule has 1 aliphatic rings. The van der Waals surface area contributed by atoms with Crippen molar-refractivity contribution in [1.29, 1.82) is 0 Å². The summed E-state index contributed by atoms with van der Waals surface area (Å²) in [7, 11) is 3.55. The van der Waals surface area contributed by atoms with E-state index in [2.05, 4.69) is 5.32 Å². The molecule has 2 rings (SSSR count). The molecule has 1 heterocycles. The Morgan fingerprint density at radius 3 is 2.81 bits per heavy atom. The van der Waals surface area contributed by atoms with Gasteiger partial charge in [-0.25, -0.2) is 0 Å². The molecule has 1 fully saturated rings. The van der Waals surface area contributed by atoms with E-state index in [0.717, 1.165) is 24.2 Å². The highest BCUT2D eigenvalue weighted by Crippen LogP contribution is 2.18. The number of rotatable bonds is 4. The molecule has 1 unspecified atom stereocenters. The summed E-state index contributed by atoms with van der Waals surface area (Å²) in [5.74, 6) is 0.141. The number of anilines is 1. The van der Waals surface area contributed by atoms with E-state index in [1.165, 1.54) is 0 Å². The van der Waals surface area contributed by atoms with Crippen molar-refractivity contribution in [2.24, 2.45) is 5.92 Å². The highest BCUT2D eigenvalue weighted by Gasteiger charge is 2.30. The Labute approximate surface area is 125 Å². The van der Waals surface area contributed by atoms with Gasteiger partial charge < -0.3 is 10.2 Å². The lowest BCUT2D eigenvalue weighted by molar-refractivity contribution is -0.132. The molecule has 0 aromatic heterocycles. The van der Waals surface area contributed by atoms with Gasteiger partial charge in [-0.15, -0.1) is 0 Å². The third kappa shape index (κ3) is 4.29. The lowest BCUT2D eigenvalue weighted by Crippen LogP contribution is -2.35. The molecule has 2 amide bonds. The van der Waals surface area contributed by atoms with Gasteiger partial charge in [-0.1, -0.05) is 12.1 Å². The lowest BCUT2D eigenvalue weighted by atomic mass is 10.1. The first-order valence-electron chi connectivity index (χ1n) is 7.26. The van der Waals surface area contributed by atoms with Gasteiger partial charge in [-0.2, -0.15) is 0 Å². The molecule has 0 saturated carbocycles. The zero-order valence-electron chi connectivity index (χ0n) is 12.9. The topological polar surface area (TPSA) is 52.7 Å². The number of likely N-dealkylation sites (tertiary alicyclic amines) is 1. The van der Waals surface area contributed by atoms with E-state index in [1.807, 2.05) is 36.1 Å². The van der Waals surface area contributed by atoms with Crippen molar-refractivity contribution in [2.75, 3.05) is 39.0 Å². The summed E-state index contributed by atoms with van der Waals surface area (Å²) < 4.78 is 0. The fourth-order valence-corrected chi connectivity index (χ4v) is 2.67. The molecule has 0 spiro atoms. The van der Waals surface area contributed by atoms with Crippen LogP contribution in [0.25, 0.3) is 0 Å². The molecule has 114 valence electrons. The van der Waals surface area contributed by atoms with E-state index < -0.39 is 0 Å². The van der Waals surface area contributed by atoms with Crippen LogP contribution in [0.4, 0.5) is 5.69 Å². The molecule has 0 aliphatic carbocycles. The van der Waals surface area contributed by atoms with E-state index in [0.29, 0.717) is 13.1 Å². The van der Waals surface area contributed by atoms with Gasteiger partial charge >= 0.3 is 0 Å². The normalized spacial score (nSPS) is 18.5. The minimum Gasteiger partial charge on any atom is -0.349 e. The van der Waals surface area contributed by atoms with Crippen molar-refractivity contribution in [3.05, 3.63) is 29.8 Å². The first-order chi connectivity index (χ1) is 9.95. The maximum absolute atomic E-state index is 12.0. The highest BCUT2D eigenvalue weighted by molar-refractivity contribution is 5.92. The number of aryl methyl sites for hydroxylation is 1. The van der Waals surface area contributed by atoms with Crippen molar-refractivity contribution in [1.82, 2.24) is 9.80 Å². The standard InChI is InChI=1S/C16H23N3O2/c1-12-5-4-6-14(9-12)17-15(20)11-19-8-7-13(10-19)16(21)18(2)3/h4-6,9,13H,7-8,10-11H2,1-3H3,(H,17,20). The van der Waals surface area contributed by atoms with Crippen molar-refractivity contribution < 1.29 is 9.59 Å². The van der Waals surface area contributed by atoms with Crippen LogP contribution in [0.3, 0.4) is 0 Å². The number of carbonyl (C=O) groups is 2. The first kappa shape index (κ1) is 15.5. The van der Waals surface area contributed by atoms with Gasteiger partial charge in [0.25, 0.3) is 0 Å². The molecule has 5 heteroatoms. The fourth-order valence-electron chi connectivity index (χ4n) is 2.67. The SMILES string of the molecule is Cc1cccc(NC(=O)CN2CCC(C(=O)N(C)C)C2)c1. The quantitative estimate of drug-likeness (QED) is 0.910. The number of nitrogens with zero attached hydrogens (tertiary/aromatic N) is 2. The molecule has 0 radical (unpaired) electrons. The second kappa shape index (κ2) is 6.72. The molecule has 21 heavy (non-hydrogen) atoms. The summed E-state index contributed by atoms with van der Waals surface area (Å²) in [5.41, 5.74) is 1.94. The largest absolute Gasteiger partial charge is 0.349 e. The molecule has 1 N–H and O–H groups in total. The fraction of sp³-hybridized carbons (Fsp3) is 0.500. The van der Waals surface area contributed by atoms with Gasteiger partial charge in [0.05, 0.1) is 12.5 Å². The summed E-state index contributed by atoms with van der Waals surface area (Å²) in [6.07, 6.45) is 0.828. The Morgan fingerprint density at radius 2 is 2.14 bits per heavy atom. The maximum atomic E-state index is 12.0. The molecular formula is C16H23N3O2. The van der Waals surface area contributed by atoms with Crippen LogP contribution in [0.15, 0.2) is 24.3 Å². The summed E-state index contributed by atoms with van der Waals surface area (Å²) in [5, 5.41) is 2.90. The number of carbonyl (C=O) groups excluding carboxylic acids is 2. The first-order valence-corrected chi connectivity index (χ1v) is 7.26. The number of benzene rings is 1. The average molecular weight is 289 g/mol. The van der Waals surface area contributed by atoms with Gasteiger partial charge in [0, 0.05) is 26.3 Å². The monoisotopic (exact) mass is 289 g/mol. The van der Waals surface area contributed by atoms with E-state index in [4.69, 9.17) is 0 Å². The van der Waals surface area contributed by atoms with Crippen LogP contribution in [0, 0.1) is 12.8 Å². The number of amides is 2. The third-order valence-corrected chi connectivity index (χ3v) is 3.73. The third-order valence-electron chi connectivity index (χ3n) is 3.73. The van der Waals surface area contributed by atoms with E-state index >= 15 is 0 Å². The van der Waals surface area contributed by atoms with Crippen LogP contribution in [0.5, 0.6) is 0 Å². The number of nitrogens with one attached hydrogen (secondary N) is 1. The molecule has 1 aliphatic heterocycles. The zero-order chi connectivity index (χ0) is 15.4. The second-order valence-electron chi connectivity index (χ2n) is 5.87. The number of hydrogen-bond donors (Lipinski definition) is 1. The Balaban J connectivity index is 1.83. The Bertz CT molecular complexity index is 528. The Hall–Kier alpha value is -1.88. The van der Waals surface area contributed by atoms with Gasteiger partial charge in [0.1, 0.15) is 0 Å². The van der Waals surface area contributed by atoms with Gasteiger partial charge in [0.15, 0.2) is 0 Å². The van der Waals surface area contributed by atoms with E-state index in [-0.39, 0.29) is 17.7 Å². The van der Waals surface area contributed by atoms with Crippen LogP contribution in [-0.2, 0) is 9.59 Å². The summed E-state index contributed by atoms with van der Waals surface area (Å²) >= 11 is 0. The van der Waals surface area contributed by atoms with Crippen LogP contribution in [0.2, 0.25) is 0 Å². The van der Waals surface area contributed by atoms with Crippen LogP contribution in [0.1, 0.15) is 12.0 Å². The predicted octanol–water partition coefficient (Wildman–Crippen LogP) is 1.34. The van der Waals surface area contributed by atoms with Crippen LogP contribution < -0.4 is 5.32 Å². The lowest BCUT2D eigenvalue weighted by Gasteiger charge is -2.17. The van der Waals surface area contributed by atoms with Crippen molar-refractivity contribution in [2.45, 2.75) is 13.3 Å². The van der Waals surface area contributed by atoms with Crippen molar-refractivity contribution in [3.63, 3.8) is 0 Å².